The van der Waals surface area contributed by atoms with Gasteiger partial charge in [-0.15, -0.1) is 0 Å². The first-order chi connectivity index (χ1) is 10.00. The van der Waals surface area contributed by atoms with Gasteiger partial charge < -0.3 is 0 Å². The summed E-state index contributed by atoms with van der Waals surface area (Å²) in [5, 5.41) is 0.804. The van der Waals surface area contributed by atoms with Crippen molar-refractivity contribution in [2.45, 2.75) is 77.5 Å². The summed E-state index contributed by atoms with van der Waals surface area (Å²) < 4.78 is 0. The lowest BCUT2D eigenvalue weighted by molar-refractivity contribution is 0.183. The first-order valence-electron chi connectivity index (χ1n) is 8.40. The van der Waals surface area contributed by atoms with Gasteiger partial charge in [-0.05, 0) is 60.1 Å². The van der Waals surface area contributed by atoms with Gasteiger partial charge in [-0.2, -0.15) is 0 Å². The molecule has 22 heavy (non-hydrogen) atoms. The molecule has 0 atom stereocenters. The molecule has 1 aliphatic rings. The van der Waals surface area contributed by atoms with Gasteiger partial charge in [0.15, 0.2) is 0 Å². The van der Waals surface area contributed by atoms with Crippen LogP contribution in [0.4, 0.5) is 0 Å². The zero-order valence-electron chi connectivity index (χ0n) is 15.0. The number of hydrogen-bond acceptors (Lipinski definition) is 0. The maximum atomic E-state index is 5.76. The van der Waals surface area contributed by atoms with E-state index in [4.69, 9.17) is 11.6 Å². The van der Waals surface area contributed by atoms with Gasteiger partial charge in [-0.1, -0.05) is 81.2 Å². The molecule has 0 heterocycles. The van der Waals surface area contributed by atoms with Gasteiger partial charge in [0.05, 0.1) is 0 Å². The Morgan fingerprint density at radius 1 is 0.864 bits per heavy atom. The van der Waals surface area contributed by atoms with Crippen LogP contribution in [0.3, 0.4) is 0 Å². The number of benzene rings is 1. The molecule has 0 N–H and O–H groups in total. The molecule has 0 bridgehead atoms. The van der Waals surface area contributed by atoms with Crippen molar-refractivity contribution in [2.24, 2.45) is 11.3 Å². The summed E-state index contributed by atoms with van der Waals surface area (Å²) in [6, 6.07) is 8.01. The minimum Gasteiger partial charge on any atom is -0.0891 e. The second-order valence-corrected chi connectivity index (χ2v) is 10.3. The van der Waals surface area contributed by atoms with Gasteiger partial charge in [-0.3, -0.25) is 0 Å². The zero-order valence-corrected chi connectivity index (χ0v) is 17.4. The molecule has 126 valence electrons. The van der Waals surface area contributed by atoms with E-state index in [-0.39, 0.29) is 5.41 Å². The molecule has 0 saturated heterocycles. The molecule has 0 spiro atoms. The Labute approximate surface area is 151 Å². The zero-order chi connectivity index (χ0) is 17.0. The Hall–Kier alpha value is -0.0100. The predicted octanol–water partition coefficient (Wildman–Crippen LogP) is 7.62. The lowest BCUT2D eigenvalue weighted by Crippen LogP contribution is -2.25. The molecular weight excluding hydrogens is 356 g/mol. The lowest BCUT2D eigenvalue weighted by Gasteiger charge is -2.35. The summed E-state index contributed by atoms with van der Waals surface area (Å²) in [4.78, 5) is 0.807. The van der Waals surface area contributed by atoms with Crippen LogP contribution < -0.4 is 0 Å². The van der Waals surface area contributed by atoms with E-state index in [9.17, 15) is 0 Å². The molecule has 0 unspecified atom stereocenters. The highest BCUT2D eigenvalue weighted by Crippen LogP contribution is 2.39. The predicted molar refractivity (Wildman–Crippen MR) is 104 cm³/mol. The van der Waals surface area contributed by atoms with Gasteiger partial charge in [0.25, 0.3) is 0 Å². The molecule has 1 aliphatic carbocycles. The van der Waals surface area contributed by atoms with Crippen molar-refractivity contribution in [3.63, 3.8) is 0 Å². The summed E-state index contributed by atoms with van der Waals surface area (Å²) in [6.45, 7) is 13.7. The number of halogens is 2. The minimum absolute atomic E-state index is 0.227. The molecule has 0 nitrogen and oxygen atoms in total. The summed E-state index contributed by atoms with van der Waals surface area (Å²) in [5.74, 6) is 0.955. The third kappa shape index (κ3) is 7.04. The summed E-state index contributed by atoms with van der Waals surface area (Å²) in [5.41, 5.74) is 2.08. The summed E-state index contributed by atoms with van der Waals surface area (Å²) in [6.07, 6.45) is 5.59. The van der Waals surface area contributed by atoms with Crippen LogP contribution in [0.5, 0.6) is 0 Å². The van der Waals surface area contributed by atoms with Crippen LogP contribution in [-0.4, -0.2) is 4.83 Å². The van der Waals surface area contributed by atoms with Crippen molar-refractivity contribution in [1.82, 2.24) is 0 Å². The van der Waals surface area contributed by atoms with Crippen LogP contribution in [0, 0.1) is 11.3 Å². The van der Waals surface area contributed by atoms with Crippen molar-refractivity contribution in [3.05, 3.63) is 34.9 Å². The molecule has 1 fully saturated rings. The van der Waals surface area contributed by atoms with Crippen molar-refractivity contribution >= 4 is 27.5 Å². The van der Waals surface area contributed by atoms with Crippen LogP contribution in [0.15, 0.2) is 24.3 Å². The molecular formula is C20H32BrCl. The fourth-order valence-corrected chi connectivity index (χ4v) is 3.52. The molecule has 1 saturated carbocycles. The van der Waals surface area contributed by atoms with Crippen molar-refractivity contribution in [1.29, 1.82) is 0 Å². The highest BCUT2D eigenvalue weighted by atomic mass is 79.9. The SMILES string of the molecule is CC(C)(C)C1CCC(Br)CC1.CC(C)(C)c1ccc(Cl)cc1. The van der Waals surface area contributed by atoms with E-state index in [0.717, 1.165) is 15.8 Å². The van der Waals surface area contributed by atoms with E-state index in [2.05, 4.69) is 69.6 Å². The highest BCUT2D eigenvalue weighted by molar-refractivity contribution is 9.09. The standard InChI is InChI=1S/C10H19Br.C10H13Cl/c2*1-10(2,3)8-4-6-9(11)7-5-8/h8-9H,4-7H2,1-3H3;4-7H,1-3H3. The monoisotopic (exact) mass is 386 g/mol. The van der Waals surface area contributed by atoms with Gasteiger partial charge in [0, 0.05) is 9.85 Å². The average molecular weight is 388 g/mol. The van der Waals surface area contributed by atoms with E-state index in [1.807, 2.05) is 12.1 Å². The van der Waals surface area contributed by atoms with Crippen LogP contribution in [0.1, 0.15) is 72.8 Å². The van der Waals surface area contributed by atoms with Crippen LogP contribution in [0.25, 0.3) is 0 Å². The molecule has 0 amide bonds. The average Bonchev–Trinajstić information content (AvgIpc) is 2.38. The second-order valence-electron chi connectivity index (χ2n) is 8.57. The van der Waals surface area contributed by atoms with Crippen molar-refractivity contribution in [3.8, 4) is 0 Å². The number of hydrogen-bond donors (Lipinski definition) is 0. The van der Waals surface area contributed by atoms with Crippen LogP contribution >= 0.6 is 27.5 Å². The molecule has 2 heteroatoms. The molecule has 0 aliphatic heterocycles. The van der Waals surface area contributed by atoms with Gasteiger partial charge in [-0.25, -0.2) is 0 Å². The molecule has 0 aromatic heterocycles. The van der Waals surface area contributed by atoms with E-state index in [1.54, 1.807) is 0 Å². The van der Waals surface area contributed by atoms with Gasteiger partial charge in [0.2, 0.25) is 0 Å². The van der Waals surface area contributed by atoms with E-state index in [1.165, 1.54) is 31.2 Å². The van der Waals surface area contributed by atoms with Crippen molar-refractivity contribution < 1.29 is 0 Å². The smallest absolute Gasteiger partial charge is 0.0406 e. The Bertz CT molecular complexity index is 428. The first kappa shape index (κ1) is 20.0. The molecule has 0 radical (unpaired) electrons. The van der Waals surface area contributed by atoms with E-state index < -0.39 is 0 Å². The topological polar surface area (TPSA) is 0 Å². The summed E-state index contributed by atoms with van der Waals surface area (Å²) >= 11 is 9.44. The minimum atomic E-state index is 0.227. The summed E-state index contributed by atoms with van der Waals surface area (Å²) in [7, 11) is 0. The lowest BCUT2D eigenvalue weighted by atomic mass is 9.72. The fourth-order valence-electron chi connectivity index (χ4n) is 2.87. The Morgan fingerprint density at radius 2 is 1.32 bits per heavy atom. The number of alkyl halides is 1. The highest BCUT2D eigenvalue weighted by Gasteiger charge is 2.28. The van der Waals surface area contributed by atoms with E-state index >= 15 is 0 Å². The van der Waals surface area contributed by atoms with Gasteiger partial charge in [0.1, 0.15) is 0 Å². The Morgan fingerprint density at radius 3 is 1.68 bits per heavy atom. The van der Waals surface area contributed by atoms with E-state index in [0.29, 0.717) is 5.41 Å². The molecule has 1 aromatic rings. The largest absolute Gasteiger partial charge is 0.0891 e. The number of rotatable bonds is 0. The Balaban J connectivity index is 0.000000220. The maximum Gasteiger partial charge on any atom is 0.0406 e. The third-order valence-electron chi connectivity index (χ3n) is 4.59. The molecule has 1 aromatic carbocycles. The maximum absolute atomic E-state index is 5.76. The fraction of sp³-hybridized carbons (Fsp3) is 0.700. The molecule has 2 rings (SSSR count). The van der Waals surface area contributed by atoms with Crippen LogP contribution in [0.2, 0.25) is 5.02 Å². The normalized spacial score (nSPS) is 22.7. The second kappa shape index (κ2) is 8.20. The van der Waals surface area contributed by atoms with Crippen LogP contribution in [-0.2, 0) is 5.41 Å². The van der Waals surface area contributed by atoms with Gasteiger partial charge >= 0.3 is 0 Å². The third-order valence-corrected chi connectivity index (χ3v) is 5.76. The van der Waals surface area contributed by atoms with Crippen molar-refractivity contribution in [2.75, 3.05) is 0 Å². The first-order valence-corrected chi connectivity index (χ1v) is 9.69. The Kier molecular flexibility index (Phi) is 7.46. The quantitative estimate of drug-likeness (QED) is 0.401.